The van der Waals surface area contributed by atoms with Gasteiger partial charge in [-0.3, -0.25) is 15.6 Å². The Hall–Kier alpha value is -1.44. The number of nitrogens with one attached hydrogen (secondary N) is 3. The fourth-order valence-electron chi connectivity index (χ4n) is 1.50. The zero-order valence-corrected chi connectivity index (χ0v) is 13.8. The van der Waals surface area contributed by atoms with Gasteiger partial charge in [-0.05, 0) is 54.4 Å². The van der Waals surface area contributed by atoms with E-state index in [1.165, 1.54) is 11.3 Å². The van der Waals surface area contributed by atoms with Crippen LogP contribution in [0.2, 0.25) is 0 Å². The molecule has 0 radical (unpaired) electrons. The standard InChI is InChI=1S/C13H12BrN3OS2/c1-8-7-9(14)4-5-10(8)15-13(19)17-16-12(18)11-3-2-6-20-11/h2-7H,1H3,(H,16,18)(H2,15,17,19). The van der Waals surface area contributed by atoms with Gasteiger partial charge in [-0.2, -0.15) is 0 Å². The van der Waals surface area contributed by atoms with Crippen molar-refractivity contribution in [3.05, 3.63) is 50.6 Å². The summed E-state index contributed by atoms with van der Waals surface area (Å²) in [5.74, 6) is -0.211. The van der Waals surface area contributed by atoms with Crippen LogP contribution in [-0.4, -0.2) is 11.0 Å². The van der Waals surface area contributed by atoms with Crippen LogP contribution >= 0.6 is 39.5 Å². The van der Waals surface area contributed by atoms with Gasteiger partial charge >= 0.3 is 0 Å². The Bertz CT molecular complexity index is 629. The van der Waals surface area contributed by atoms with Crippen LogP contribution in [0.25, 0.3) is 0 Å². The minimum Gasteiger partial charge on any atom is -0.331 e. The molecule has 1 amide bonds. The number of hydrogen-bond acceptors (Lipinski definition) is 3. The van der Waals surface area contributed by atoms with Gasteiger partial charge in [0.2, 0.25) is 0 Å². The first-order valence-corrected chi connectivity index (χ1v) is 7.81. The number of hydrazine groups is 1. The largest absolute Gasteiger partial charge is 0.331 e. The molecule has 4 nitrogen and oxygen atoms in total. The normalized spacial score (nSPS) is 9.90. The van der Waals surface area contributed by atoms with E-state index < -0.39 is 0 Å². The maximum atomic E-state index is 11.7. The summed E-state index contributed by atoms with van der Waals surface area (Å²) < 4.78 is 1.01. The molecule has 0 aliphatic heterocycles. The lowest BCUT2D eigenvalue weighted by molar-refractivity contribution is 0.0948. The number of thiophene rings is 1. The molecule has 2 rings (SSSR count). The number of halogens is 1. The number of carbonyl (C=O) groups is 1. The number of aryl methyl sites for hydroxylation is 1. The van der Waals surface area contributed by atoms with Crippen molar-refractivity contribution in [2.75, 3.05) is 5.32 Å². The Morgan fingerprint density at radius 2 is 2.10 bits per heavy atom. The maximum absolute atomic E-state index is 11.7. The quantitative estimate of drug-likeness (QED) is 0.560. The highest BCUT2D eigenvalue weighted by Gasteiger charge is 2.07. The van der Waals surface area contributed by atoms with Crippen molar-refractivity contribution in [1.82, 2.24) is 10.9 Å². The summed E-state index contributed by atoms with van der Waals surface area (Å²) in [6.07, 6.45) is 0. The molecule has 0 saturated carbocycles. The van der Waals surface area contributed by atoms with E-state index in [1.807, 2.05) is 36.6 Å². The lowest BCUT2D eigenvalue weighted by Crippen LogP contribution is -2.43. The predicted molar refractivity (Wildman–Crippen MR) is 90.0 cm³/mol. The molecule has 7 heteroatoms. The highest BCUT2D eigenvalue weighted by Crippen LogP contribution is 2.19. The second-order valence-electron chi connectivity index (χ2n) is 3.97. The molecule has 1 aromatic carbocycles. The molecule has 1 aromatic heterocycles. The van der Waals surface area contributed by atoms with Crippen LogP contribution in [0.4, 0.5) is 5.69 Å². The first kappa shape index (κ1) is 15.0. The van der Waals surface area contributed by atoms with Gasteiger partial charge in [0.15, 0.2) is 5.11 Å². The lowest BCUT2D eigenvalue weighted by atomic mass is 10.2. The maximum Gasteiger partial charge on any atom is 0.279 e. The Kier molecular flexibility index (Phi) is 5.11. The van der Waals surface area contributed by atoms with Crippen LogP contribution in [-0.2, 0) is 0 Å². The smallest absolute Gasteiger partial charge is 0.279 e. The fourth-order valence-corrected chi connectivity index (χ4v) is 2.76. The third-order valence-electron chi connectivity index (χ3n) is 2.47. The summed E-state index contributed by atoms with van der Waals surface area (Å²) in [5.41, 5.74) is 7.16. The number of rotatable bonds is 2. The van der Waals surface area contributed by atoms with Crippen molar-refractivity contribution in [2.45, 2.75) is 6.92 Å². The van der Waals surface area contributed by atoms with Gasteiger partial charge in [-0.1, -0.05) is 22.0 Å². The van der Waals surface area contributed by atoms with Crippen molar-refractivity contribution in [2.24, 2.45) is 0 Å². The minimum atomic E-state index is -0.211. The van der Waals surface area contributed by atoms with Crippen molar-refractivity contribution >= 4 is 56.2 Å². The van der Waals surface area contributed by atoms with Gasteiger partial charge in [-0.25, -0.2) is 0 Å². The fraction of sp³-hybridized carbons (Fsp3) is 0.0769. The van der Waals surface area contributed by atoms with Crippen molar-refractivity contribution in [3.8, 4) is 0 Å². The molecule has 0 unspecified atom stereocenters. The zero-order chi connectivity index (χ0) is 14.5. The van der Waals surface area contributed by atoms with Gasteiger partial charge in [0.1, 0.15) is 0 Å². The van der Waals surface area contributed by atoms with E-state index in [-0.39, 0.29) is 5.91 Å². The topological polar surface area (TPSA) is 53.2 Å². The number of amides is 1. The lowest BCUT2D eigenvalue weighted by Gasteiger charge is -2.13. The molecule has 0 aliphatic carbocycles. The average molecular weight is 370 g/mol. The van der Waals surface area contributed by atoms with Crippen molar-refractivity contribution < 1.29 is 4.79 Å². The Balaban J connectivity index is 1.88. The molecular weight excluding hydrogens is 358 g/mol. The van der Waals surface area contributed by atoms with Gasteiger partial charge in [0, 0.05) is 10.2 Å². The van der Waals surface area contributed by atoms with E-state index in [9.17, 15) is 4.79 Å². The van der Waals surface area contributed by atoms with Gasteiger partial charge < -0.3 is 5.32 Å². The summed E-state index contributed by atoms with van der Waals surface area (Å²) in [6, 6.07) is 9.38. The van der Waals surface area contributed by atoms with Gasteiger partial charge in [0.25, 0.3) is 5.91 Å². The van der Waals surface area contributed by atoms with E-state index in [0.717, 1.165) is 15.7 Å². The molecule has 0 spiro atoms. The number of anilines is 1. The highest BCUT2D eigenvalue weighted by atomic mass is 79.9. The molecule has 0 fully saturated rings. The third kappa shape index (κ3) is 4.03. The van der Waals surface area contributed by atoms with Crippen LogP contribution in [0.5, 0.6) is 0 Å². The van der Waals surface area contributed by atoms with E-state index >= 15 is 0 Å². The van der Waals surface area contributed by atoms with Gasteiger partial charge in [0.05, 0.1) is 4.88 Å². The van der Waals surface area contributed by atoms with Crippen LogP contribution in [0.15, 0.2) is 40.2 Å². The molecule has 2 aromatic rings. The van der Waals surface area contributed by atoms with E-state index in [0.29, 0.717) is 9.99 Å². The Morgan fingerprint density at radius 1 is 1.30 bits per heavy atom. The van der Waals surface area contributed by atoms with E-state index in [2.05, 4.69) is 32.1 Å². The number of carbonyl (C=O) groups excluding carboxylic acids is 1. The number of benzene rings is 1. The second-order valence-corrected chi connectivity index (χ2v) is 6.24. The zero-order valence-electron chi connectivity index (χ0n) is 10.6. The highest BCUT2D eigenvalue weighted by molar-refractivity contribution is 9.10. The van der Waals surface area contributed by atoms with Gasteiger partial charge in [-0.15, -0.1) is 11.3 Å². The molecule has 3 N–H and O–H groups in total. The molecule has 1 heterocycles. The molecule has 20 heavy (non-hydrogen) atoms. The van der Waals surface area contributed by atoms with E-state index in [4.69, 9.17) is 12.2 Å². The summed E-state index contributed by atoms with van der Waals surface area (Å²) in [6.45, 7) is 1.97. The molecule has 0 bridgehead atoms. The first-order chi connectivity index (χ1) is 9.56. The van der Waals surface area contributed by atoms with Crippen molar-refractivity contribution in [3.63, 3.8) is 0 Å². The number of thiocarbonyl (C=S) groups is 1. The third-order valence-corrected chi connectivity index (χ3v) is 4.04. The molecule has 0 aliphatic rings. The van der Waals surface area contributed by atoms with Crippen LogP contribution in [0.1, 0.15) is 15.2 Å². The average Bonchev–Trinajstić information content (AvgIpc) is 2.93. The van der Waals surface area contributed by atoms with Crippen molar-refractivity contribution in [1.29, 1.82) is 0 Å². The summed E-state index contributed by atoms with van der Waals surface area (Å²) in [4.78, 5) is 12.3. The molecule has 104 valence electrons. The second kappa shape index (κ2) is 6.83. The minimum absolute atomic E-state index is 0.211. The molecule has 0 saturated heterocycles. The van der Waals surface area contributed by atoms with Crippen LogP contribution < -0.4 is 16.2 Å². The van der Waals surface area contributed by atoms with Crippen LogP contribution in [0.3, 0.4) is 0 Å². The number of hydrogen-bond donors (Lipinski definition) is 3. The molecular formula is C13H12BrN3OS2. The predicted octanol–water partition coefficient (Wildman–Crippen LogP) is 3.45. The van der Waals surface area contributed by atoms with Crippen LogP contribution in [0, 0.1) is 6.92 Å². The summed E-state index contributed by atoms with van der Waals surface area (Å²) >= 11 is 9.90. The summed E-state index contributed by atoms with van der Waals surface area (Å²) in [5, 5.41) is 5.20. The Labute approximate surface area is 134 Å². The van der Waals surface area contributed by atoms with E-state index in [1.54, 1.807) is 6.07 Å². The SMILES string of the molecule is Cc1cc(Br)ccc1NC(=S)NNC(=O)c1cccs1. The monoisotopic (exact) mass is 369 g/mol. The molecule has 0 atom stereocenters. The first-order valence-electron chi connectivity index (χ1n) is 5.73. The Morgan fingerprint density at radius 3 is 2.75 bits per heavy atom. The summed E-state index contributed by atoms with van der Waals surface area (Å²) in [7, 11) is 0.